The Balaban J connectivity index is 0.00000289. The lowest BCUT2D eigenvalue weighted by molar-refractivity contribution is 0.254. The summed E-state index contributed by atoms with van der Waals surface area (Å²) in [6.45, 7) is 6.24. The highest BCUT2D eigenvalue weighted by Gasteiger charge is 2.22. The standard InChI is InChI=1S/C24H32FN5O.HI/c1-26-24(28-21-11-18-31-23-10-5-2-7-19(21)23)27-12-6-13-29-14-16-30(17-15-29)22-9-4-3-8-20(22)25;/h2-5,7-10,21H,6,11-18H2,1H3,(H2,26,27,28);1H. The van der Waals surface area contributed by atoms with Crippen LogP contribution in [0.15, 0.2) is 53.5 Å². The maximum Gasteiger partial charge on any atom is 0.191 e. The van der Waals surface area contributed by atoms with Gasteiger partial charge in [0.2, 0.25) is 0 Å². The number of para-hydroxylation sites is 2. The van der Waals surface area contributed by atoms with E-state index >= 15 is 0 Å². The minimum Gasteiger partial charge on any atom is -0.493 e. The summed E-state index contributed by atoms with van der Waals surface area (Å²) in [4.78, 5) is 8.98. The number of guanidine groups is 1. The van der Waals surface area contributed by atoms with Crippen LogP contribution < -0.4 is 20.3 Å². The van der Waals surface area contributed by atoms with E-state index in [-0.39, 0.29) is 35.8 Å². The monoisotopic (exact) mass is 553 g/mol. The predicted molar refractivity (Wildman–Crippen MR) is 139 cm³/mol. The first-order chi connectivity index (χ1) is 15.2. The van der Waals surface area contributed by atoms with E-state index in [0.717, 1.165) is 63.8 Å². The summed E-state index contributed by atoms with van der Waals surface area (Å²) in [5, 5.41) is 6.97. The molecule has 0 amide bonds. The summed E-state index contributed by atoms with van der Waals surface area (Å²) in [5.74, 6) is 1.65. The Bertz CT molecular complexity index is 888. The molecule has 2 N–H and O–H groups in total. The molecular weight excluding hydrogens is 520 g/mol. The van der Waals surface area contributed by atoms with Gasteiger partial charge in [-0.25, -0.2) is 4.39 Å². The molecule has 0 aliphatic carbocycles. The van der Waals surface area contributed by atoms with Crippen LogP contribution >= 0.6 is 24.0 Å². The smallest absolute Gasteiger partial charge is 0.191 e. The van der Waals surface area contributed by atoms with Crippen LogP contribution in [0.1, 0.15) is 24.4 Å². The molecule has 0 bridgehead atoms. The molecule has 0 radical (unpaired) electrons. The maximum atomic E-state index is 14.0. The van der Waals surface area contributed by atoms with Crippen molar-refractivity contribution in [3.05, 3.63) is 59.9 Å². The Morgan fingerprint density at radius 1 is 1.09 bits per heavy atom. The minimum absolute atomic E-state index is 0. The van der Waals surface area contributed by atoms with Crippen LogP contribution in [-0.2, 0) is 0 Å². The second-order valence-electron chi connectivity index (χ2n) is 8.00. The Labute approximate surface area is 207 Å². The summed E-state index contributed by atoms with van der Waals surface area (Å²) in [7, 11) is 1.81. The molecule has 2 heterocycles. The molecule has 0 spiro atoms. The summed E-state index contributed by atoms with van der Waals surface area (Å²) in [6.07, 6.45) is 1.95. The molecule has 0 aromatic heterocycles. The molecule has 1 saturated heterocycles. The van der Waals surface area contributed by atoms with Crippen molar-refractivity contribution in [3.8, 4) is 5.75 Å². The zero-order valence-corrected chi connectivity index (χ0v) is 20.9. The molecule has 8 heteroatoms. The number of nitrogens with zero attached hydrogens (tertiary/aromatic N) is 3. The van der Waals surface area contributed by atoms with Crippen LogP contribution in [0.2, 0.25) is 0 Å². The average Bonchev–Trinajstić information content (AvgIpc) is 2.82. The number of rotatable bonds is 6. The second-order valence-corrected chi connectivity index (χ2v) is 8.00. The zero-order valence-electron chi connectivity index (χ0n) is 18.6. The second kappa shape index (κ2) is 12.2. The van der Waals surface area contributed by atoms with Crippen LogP contribution in [0.25, 0.3) is 0 Å². The lowest BCUT2D eigenvalue weighted by Gasteiger charge is -2.36. The Kier molecular flexibility index (Phi) is 9.40. The Hall–Kier alpha value is -2.07. The van der Waals surface area contributed by atoms with Gasteiger partial charge in [0.25, 0.3) is 0 Å². The van der Waals surface area contributed by atoms with Crippen molar-refractivity contribution in [2.24, 2.45) is 4.99 Å². The molecular formula is C24H33FIN5O. The van der Waals surface area contributed by atoms with E-state index in [1.807, 2.05) is 37.4 Å². The SMILES string of the molecule is CN=C(NCCCN1CCN(c2ccccc2F)CC1)NC1CCOc2ccccc21.I. The lowest BCUT2D eigenvalue weighted by atomic mass is 10.0. The average molecular weight is 553 g/mol. The molecule has 32 heavy (non-hydrogen) atoms. The van der Waals surface area contributed by atoms with Gasteiger partial charge in [0.15, 0.2) is 5.96 Å². The number of halogens is 2. The van der Waals surface area contributed by atoms with Gasteiger partial charge < -0.3 is 20.3 Å². The summed E-state index contributed by atoms with van der Waals surface area (Å²) >= 11 is 0. The number of nitrogens with one attached hydrogen (secondary N) is 2. The number of piperazine rings is 1. The van der Waals surface area contributed by atoms with Crippen molar-refractivity contribution in [1.29, 1.82) is 0 Å². The van der Waals surface area contributed by atoms with Crippen LogP contribution in [0.4, 0.5) is 10.1 Å². The number of hydrogen-bond acceptors (Lipinski definition) is 4. The molecule has 1 fully saturated rings. The highest BCUT2D eigenvalue weighted by Crippen LogP contribution is 2.31. The largest absolute Gasteiger partial charge is 0.493 e. The van der Waals surface area contributed by atoms with Gasteiger partial charge in [0.1, 0.15) is 11.6 Å². The van der Waals surface area contributed by atoms with Crippen molar-refractivity contribution in [1.82, 2.24) is 15.5 Å². The molecule has 1 unspecified atom stereocenters. The number of fused-ring (bicyclic) bond motifs is 1. The fourth-order valence-electron chi connectivity index (χ4n) is 4.28. The Morgan fingerprint density at radius 3 is 2.62 bits per heavy atom. The molecule has 0 saturated carbocycles. The molecule has 1 atom stereocenters. The number of anilines is 1. The van der Waals surface area contributed by atoms with Gasteiger partial charge in [-0.2, -0.15) is 0 Å². The van der Waals surface area contributed by atoms with Gasteiger partial charge >= 0.3 is 0 Å². The van der Waals surface area contributed by atoms with Crippen molar-refractivity contribution in [3.63, 3.8) is 0 Å². The molecule has 4 rings (SSSR count). The van der Waals surface area contributed by atoms with E-state index in [1.54, 1.807) is 6.07 Å². The van der Waals surface area contributed by atoms with Crippen LogP contribution in [0.5, 0.6) is 5.75 Å². The van der Waals surface area contributed by atoms with E-state index in [2.05, 4.69) is 31.5 Å². The van der Waals surface area contributed by atoms with Gasteiger partial charge in [-0.05, 0) is 31.2 Å². The quantitative estimate of drug-likeness (QED) is 0.248. The van der Waals surface area contributed by atoms with E-state index < -0.39 is 0 Å². The first-order valence-corrected chi connectivity index (χ1v) is 11.2. The third kappa shape index (κ3) is 6.25. The maximum absolute atomic E-state index is 14.0. The summed E-state index contributed by atoms with van der Waals surface area (Å²) < 4.78 is 19.7. The summed E-state index contributed by atoms with van der Waals surface area (Å²) in [6, 6.07) is 15.4. The Morgan fingerprint density at radius 2 is 1.84 bits per heavy atom. The predicted octanol–water partition coefficient (Wildman–Crippen LogP) is 3.64. The topological polar surface area (TPSA) is 52.1 Å². The number of hydrogen-bond donors (Lipinski definition) is 2. The van der Waals surface area contributed by atoms with Gasteiger partial charge in [-0.1, -0.05) is 30.3 Å². The minimum atomic E-state index is -0.133. The van der Waals surface area contributed by atoms with Gasteiger partial charge in [0, 0.05) is 51.8 Å². The fraction of sp³-hybridized carbons (Fsp3) is 0.458. The summed E-state index contributed by atoms with van der Waals surface area (Å²) in [5.41, 5.74) is 1.90. The number of ether oxygens (including phenoxy) is 1. The fourth-order valence-corrected chi connectivity index (χ4v) is 4.28. The van der Waals surface area contributed by atoms with Crippen molar-refractivity contribution >= 4 is 35.6 Å². The normalized spacial score (nSPS) is 18.9. The molecule has 6 nitrogen and oxygen atoms in total. The number of benzene rings is 2. The zero-order chi connectivity index (χ0) is 21.5. The molecule has 2 aromatic carbocycles. The third-order valence-corrected chi connectivity index (χ3v) is 6.00. The van der Waals surface area contributed by atoms with Crippen molar-refractivity contribution in [2.75, 3.05) is 57.8 Å². The van der Waals surface area contributed by atoms with E-state index in [1.165, 1.54) is 11.6 Å². The first kappa shape index (κ1) is 24.6. The molecule has 2 aliphatic heterocycles. The van der Waals surface area contributed by atoms with E-state index in [9.17, 15) is 4.39 Å². The van der Waals surface area contributed by atoms with Crippen LogP contribution in [0, 0.1) is 5.82 Å². The van der Waals surface area contributed by atoms with E-state index in [0.29, 0.717) is 12.3 Å². The molecule has 2 aromatic rings. The molecule has 174 valence electrons. The first-order valence-electron chi connectivity index (χ1n) is 11.2. The van der Waals surface area contributed by atoms with Gasteiger partial charge in [-0.3, -0.25) is 9.89 Å². The van der Waals surface area contributed by atoms with Gasteiger partial charge in [-0.15, -0.1) is 24.0 Å². The molecule has 2 aliphatic rings. The highest BCUT2D eigenvalue weighted by atomic mass is 127. The van der Waals surface area contributed by atoms with Crippen LogP contribution in [0.3, 0.4) is 0 Å². The highest BCUT2D eigenvalue weighted by molar-refractivity contribution is 14.0. The van der Waals surface area contributed by atoms with Gasteiger partial charge in [0.05, 0.1) is 18.3 Å². The van der Waals surface area contributed by atoms with Crippen molar-refractivity contribution < 1.29 is 9.13 Å². The number of aliphatic imine (C=N–C) groups is 1. The van der Waals surface area contributed by atoms with E-state index in [4.69, 9.17) is 4.74 Å². The van der Waals surface area contributed by atoms with Crippen LogP contribution in [-0.4, -0.2) is 63.8 Å². The van der Waals surface area contributed by atoms with Crippen molar-refractivity contribution in [2.45, 2.75) is 18.9 Å². The third-order valence-electron chi connectivity index (χ3n) is 6.00. The lowest BCUT2D eigenvalue weighted by Crippen LogP contribution is -2.47.